The number of hydrogen-bond acceptors (Lipinski definition) is 4. The zero-order valence-corrected chi connectivity index (χ0v) is 9.28. The molecular weight excluding hydrogens is 216 g/mol. The number of aromatic nitrogens is 1. The van der Waals surface area contributed by atoms with E-state index in [1.165, 1.54) is 0 Å². The number of halogens is 1. The topological polar surface area (TPSA) is 79.4 Å². The highest BCUT2D eigenvalue weighted by Gasteiger charge is 2.19. The lowest BCUT2D eigenvalue weighted by molar-refractivity contribution is 0.0144. The van der Waals surface area contributed by atoms with Gasteiger partial charge in [0.1, 0.15) is 6.10 Å². The van der Waals surface area contributed by atoms with Crippen molar-refractivity contribution in [1.29, 1.82) is 0 Å². The van der Waals surface area contributed by atoms with Crippen LogP contribution in [0.1, 0.15) is 23.9 Å². The third kappa shape index (κ3) is 3.06. The van der Waals surface area contributed by atoms with Crippen LogP contribution in [0.4, 0.5) is 5.69 Å². The predicted molar refractivity (Wildman–Crippen MR) is 59.7 cm³/mol. The van der Waals surface area contributed by atoms with Gasteiger partial charge in [0.05, 0.1) is 23.2 Å². The number of aliphatic hydroxyl groups is 2. The summed E-state index contributed by atoms with van der Waals surface area (Å²) >= 11 is 5.47. The van der Waals surface area contributed by atoms with E-state index < -0.39 is 12.2 Å². The fourth-order valence-corrected chi connectivity index (χ4v) is 1.45. The van der Waals surface area contributed by atoms with E-state index in [0.717, 1.165) is 0 Å². The Balaban J connectivity index is 2.81. The molecule has 0 aromatic carbocycles. The summed E-state index contributed by atoms with van der Waals surface area (Å²) in [6, 6.07) is 3.26. The third-order valence-electron chi connectivity index (χ3n) is 2.22. The lowest BCUT2D eigenvalue weighted by atomic mass is 10.1. The molecule has 1 aromatic heterocycles. The van der Waals surface area contributed by atoms with Gasteiger partial charge in [-0.1, -0.05) is 0 Å². The highest BCUT2D eigenvalue weighted by molar-refractivity contribution is 6.17. The van der Waals surface area contributed by atoms with Crippen LogP contribution in [0, 0.1) is 6.92 Å². The van der Waals surface area contributed by atoms with Gasteiger partial charge in [-0.15, -0.1) is 11.6 Å². The molecule has 4 N–H and O–H groups in total. The standard InChI is InChI=1S/C10H15ClN2O2/c1-6-7(12)2-3-8(13-6)10(15)9(14)4-5-11/h2-3,9-10,14-15H,4-5,12H2,1H3. The van der Waals surface area contributed by atoms with Crippen molar-refractivity contribution in [1.82, 2.24) is 4.98 Å². The second-order valence-corrected chi connectivity index (χ2v) is 3.78. The van der Waals surface area contributed by atoms with Crippen molar-refractivity contribution in [3.05, 3.63) is 23.5 Å². The number of aryl methyl sites for hydroxylation is 1. The van der Waals surface area contributed by atoms with Crippen molar-refractivity contribution in [2.24, 2.45) is 0 Å². The molecule has 0 aliphatic carbocycles. The Labute approximate surface area is 93.7 Å². The summed E-state index contributed by atoms with van der Waals surface area (Å²) in [4.78, 5) is 4.10. The van der Waals surface area contributed by atoms with Crippen molar-refractivity contribution in [3.8, 4) is 0 Å². The SMILES string of the molecule is Cc1nc(C(O)C(O)CCCl)ccc1N. The zero-order valence-electron chi connectivity index (χ0n) is 8.52. The molecule has 4 nitrogen and oxygen atoms in total. The first-order valence-corrected chi connectivity index (χ1v) is 5.25. The minimum Gasteiger partial charge on any atom is -0.397 e. The molecule has 15 heavy (non-hydrogen) atoms. The average Bonchev–Trinajstić information content (AvgIpc) is 2.21. The molecule has 2 unspecified atom stereocenters. The van der Waals surface area contributed by atoms with Gasteiger partial charge >= 0.3 is 0 Å². The van der Waals surface area contributed by atoms with Crippen LogP contribution in [-0.4, -0.2) is 27.2 Å². The lowest BCUT2D eigenvalue weighted by Crippen LogP contribution is -2.20. The van der Waals surface area contributed by atoms with Gasteiger partial charge in [0.25, 0.3) is 0 Å². The maximum atomic E-state index is 9.72. The molecule has 0 bridgehead atoms. The molecule has 1 aromatic rings. The molecule has 0 aliphatic heterocycles. The van der Waals surface area contributed by atoms with Gasteiger partial charge in [-0.05, 0) is 25.5 Å². The highest BCUT2D eigenvalue weighted by atomic mass is 35.5. The van der Waals surface area contributed by atoms with Crippen molar-refractivity contribution >= 4 is 17.3 Å². The highest BCUT2D eigenvalue weighted by Crippen LogP contribution is 2.19. The fourth-order valence-electron chi connectivity index (χ4n) is 1.22. The first-order chi connectivity index (χ1) is 7.06. The maximum absolute atomic E-state index is 9.72. The Hall–Kier alpha value is -0.840. The average molecular weight is 231 g/mol. The first kappa shape index (κ1) is 12.2. The summed E-state index contributed by atoms with van der Waals surface area (Å²) in [5.74, 6) is 0.298. The quantitative estimate of drug-likeness (QED) is 0.674. The summed E-state index contributed by atoms with van der Waals surface area (Å²) in [5, 5.41) is 19.2. The number of hydrogen-bond donors (Lipinski definition) is 3. The second kappa shape index (κ2) is 5.30. The number of nitrogen functional groups attached to an aromatic ring is 1. The fraction of sp³-hybridized carbons (Fsp3) is 0.500. The van der Waals surface area contributed by atoms with Crippen LogP contribution in [0.3, 0.4) is 0 Å². The molecule has 1 heterocycles. The Kier molecular flexibility index (Phi) is 4.32. The molecule has 0 saturated heterocycles. The van der Waals surface area contributed by atoms with Crippen LogP contribution in [0.5, 0.6) is 0 Å². The zero-order chi connectivity index (χ0) is 11.4. The van der Waals surface area contributed by atoms with E-state index in [1.807, 2.05) is 0 Å². The Morgan fingerprint density at radius 2 is 2.13 bits per heavy atom. The van der Waals surface area contributed by atoms with E-state index in [1.54, 1.807) is 19.1 Å². The monoisotopic (exact) mass is 230 g/mol. The number of pyridine rings is 1. The van der Waals surface area contributed by atoms with Gasteiger partial charge in [0.2, 0.25) is 0 Å². The van der Waals surface area contributed by atoms with E-state index >= 15 is 0 Å². The third-order valence-corrected chi connectivity index (χ3v) is 2.44. The van der Waals surface area contributed by atoms with Crippen LogP contribution in [-0.2, 0) is 0 Å². The molecule has 0 saturated carbocycles. The second-order valence-electron chi connectivity index (χ2n) is 3.40. The Morgan fingerprint density at radius 1 is 1.47 bits per heavy atom. The first-order valence-electron chi connectivity index (χ1n) is 4.71. The molecule has 0 fully saturated rings. The molecule has 1 rings (SSSR count). The summed E-state index contributed by atoms with van der Waals surface area (Å²) in [6.45, 7) is 1.75. The normalized spacial score (nSPS) is 14.9. The van der Waals surface area contributed by atoms with E-state index in [-0.39, 0.29) is 0 Å². The summed E-state index contributed by atoms with van der Waals surface area (Å²) in [6.07, 6.45) is -1.57. The van der Waals surface area contributed by atoms with Crippen LogP contribution >= 0.6 is 11.6 Å². The number of alkyl halides is 1. The van der Waals surface area contributed by atoms with Crippen molar-refractivity contribution in [2.45, 2.75) is 25.6 Å². The van der Waals surface area contributed by atoms with Crippen molar-refractivity contribution in [2.75, 3.05) is 11.6 Å². The Bertz CT molecular complexity index is 333. The summed E-state index contributed by atoms with van der Waals surface area (Å²) < 4.78 is 0. The minimum atomic E-state index is -1.01. The minimum absolute atomic E-state index is 0.298. The number of anilines is 1. The number of aliphatic hydroxyl groups excluding tert-OH is 2. The van der Waals surface area contributed by atoms with Gasteiger partial charge in [-0.25, -0.2) is 0 Å². The molecule has 2 atom stereocenters. The predicted octanol–water partition coefficient (Wildman–Crippen LogP) is 0.995. The summed E-state index contributed by atoms with van der Waals surface area (Å²) in [5.41, 5.74) is 7.22. The molecule has 0 amide bonds. The van der Waals surface area contributed by atoms with Crippen LogP contribution in [0.15, 0.2) is 12.1 Å². The van der Waals surface area contributed by atoms with Crippen molar-refractivity contribution < 1.29 is 10.2 Å². The summed E-state index contributed by atoms with van der Waals surface area (Å²) in [7, 11) is 0. The van der Waals surface area contributed by atoms with E-state index in [4.69, 9.17) is 17.3 Å². The van der Waals surface area contributed by atoms with Gasteiger partial charge in [-0.3, -0.25) is 4.98 Å². The molecule has 0 spiro atoms. The number of nitrogens with zero attached hydrogens (tertiary/aromatic N) is 1. The van der Waals surface area contributed by atoms with Crippen LogP contribution in [0.2, 0.25) is 0 Å². The molecule has 0 aliphatic rings. The Morgan fingerprint density at radius 3 is 2.67 bits per heavy atom. The van der Waals surface area contributed by atoms with Gasteiger partial charge in [0.15, 0.2) is 0 Å². The molecule has 5 heteroatoms. The molecule has 0 radical (unpaired) electrons. The maximum Gasteiger partial charge on any atom is 0.122 e. The van der Waals surface area contributed by atoms with Gasteiger partial charge < -0.3 is 15.9 Å². The van der Waals surface area contributed by atoms with E-state index in [2.05, 4.69) is 4.98 Å². The van der Waals surface area contributed by atoms with E-state index in [0.29, 0.717) is 29.4 Å². The smallest absolute Gasteiger partial charge is 0.122 e. The van der Waals surface area contributed by atoms with Crippen LogP contribution in [0.25, 0.3) is 0 Å². The molecule has 84 valence electrons. The van der Waals surface area contributed by atoms with Gasteiger partial charge in [-0.2, -0.15) is 0 Å². The van der Waals surface area contributed by atoms with Gasteiger partial charge in [0, 0.05) is 5.88 Å². The van der Waals surface area contributed by atoms with Crippen LogP contribution < -0.4 is 5.73 Å². The van der Waals surface area contributed by atoms with E-state index in [9.17, 15) is 10.2 Å². The number of rotatable bonds is 4. The number of nitrogens with two attached hydrogens (primary N) is 1. The largest absolute Gasteiger partial charge is 0.397 e. The molecular formula is C10H15ClN2O2. The van der Waals surface area contributed by atoms with Crippen molar-refractivity contribution in [3.63, 3.8) is 0 Å². The lowest BCUT2D eigenvalue weighted by Gasteiger charge is -2.16.